The van der Waals surface area contributed by atoms with Crippen LogP contribution in [0.15, 0.2) is 22.7 Å². The minimum Gasteiger partial charge on any atom is -0.497 e. The summed E-state index contributed by atoms with van der Waals surface area (Å²) in [5.74, 6) is 1.91. The summed E-state index contributed by atoms with van der Waals surface area (Å²) in [6, 6.07) is 7.11. The highest BCUT2D eigenvalue weighted by Gasteiger charge is 2.34. The highest BCUT2D eigenvalue weighted by atomic mass is 79.9. The van der Waals surface area contributed by atoms with E-state index in [0.717, 1.165) is 24.3 Å². The number of rotatable bonds is 3. The fraction of sp³-hybridized carbons (Fsp3) is 0.625. The summed E-state index contributed by atoms with van der Waals surface area (Å²) in [6.45, 7) is 2.31. The second-order valence-corrected chi connectivity index (χ2v) is 6.68. The number of ether oxygens (including phenoxy) is 1. The Labute approximate surface area is 124 Å². The molecule has 1 saturated heterocycles. The van der Waals surface area contributed by atoms with Crippen molar-refractivity contribution in [2.45, 2.75) is 44.7 Å². The number of hydrogen-bond acceptors (Lipinski definition) is 2. The number of fused-ring (bicyclic) bond motifs is 1. The van der Waals surface area contributed by atoms with Gasteiger partial charge in [0.1, 0.15) is 5.75 Å². The predicted octanol–water partition coefficient (Wildman–Crippen LogP) is 4.22. The minimum absolute atomic E-state index is 0.826. The molecule has 2 fully saturated rings. The topological polar surface area (TPSA) is 12.5 Å². The number of piperidine rings is 1. The lowest BCUT2D eigenvalue weighted by Gasteiger charge is -2.38. The van der Waals surface area contributed by atoms with Gasteiger partial charge in [-0.05, 0) is 61.9 Å². The molecule has 0 N–H and O–H groups in total. The normalized spacial score (nSPS) is 27.3. The number of nitrogens with zero attached hydrogens (tertiary/aromatic N) is 1. The molecule has 2 aliphatic rings. The van der Waals surface area contributed by atoms with Gasteiger partial charge in [-0.25, -0.2) is 0 Å². The Balaban J connectivity index is 1.76. The van der Waals surface area contributed by atoms with Crippen LogP contribution < -0.4 is 4.74 Å². The van der Waals surface area contributed by atoms with Crippen LogP contribution in [0.3, 0.4) is 0 Å². The molecule has 2 unspecified atom stereocenters. The standard InChI is InChI=1S/C16H22BrNO/c1-19-14-7-8-15(17)13(10-14)11-18-9-3-5-12-4-2-6-16(12)18/h7-8,10,12,16H,2-6,9,11H2,1H3. The molecule has 1 aliphatic carbocycles. The molecule has 0 amide bonds. The first-order valence-corrected chi connectivity index (χ1v) is 8.13. The second-order valence-electron chi connectivity index (χ2n) is 5.83. The lowest BCUT2D eigenvalue weighted by atomic mass is 9.91. The monoisotopic (exact) mass is 323 g/mol. The Morgan fingerprint density at radius 3 is 2.95 bits per heavy atom. The van der Waals surface area contributed by atoms with Crippen molar-refractivity contribution in [3.8, 4) is 5.75 Å². The molecule has 2 nitrogen and oxygen atoms in total. The average Bonchev–Trinajstić information content (AvgIpc) is 2.90. The van der Waals surface area contributed by atoms with Gasteiger partial charge in [0, 0.05) is 17.1 Å². The van der Waals surface area contributed by atoms with Gasteiger partial charge >= 0.3 is 0 Å². The molecule has 19 heavy (non-hydrogen) atoms. The molecule has 1 saturated carbocycles. The average molecular weight is 324 g/mol. The van der Waals surface area contributed by atoms with Crippen molar-refractivity contribution in [2.75, 3.05) is 13.7 Å². The molecule has 1 aromatic rings. The van der Waals surface area contributed by atoms with Crippen molar-refractivity contribution < 1.29 is 4.74 Å². The molecule has 1 heterocycles. The third kappa shape index (κ3) is 2.82. The second kappa shape index (κ2) is 5.84. The number of hydrogen-bond donors (Lipinski definition) is 0. The zero-order valence-corrected chi connectivity index (χ0v) is 13.2. The summed E-state index contributed by atoms with van der Waals surface area (Å²) in [5, 5.41) is 0. The van der Waals surface area contributed by atoms with Gasteiger partial charge in [-0.3, -0.25) is 4.90 Å². The molecular weight excluding hydrogens is 302 g/mol. The maximum atomic E-state index is 5.35. The van der Waals surface area contributed by atoms with Gasteiger partial charge in [0.25, 0.3) is 0 Å². The van der Waals surface area contributed by atoms with Gasteiger partial charge in [-0.2, -0.15) is 0 Å². The Bertz CT molecular complexity index is 448. The zero-order valence-electron chi connectivity index (χ0n) is 11.6. The van der Waals surface area contributed by atoms with Gasteiger partial charge in [-0.1, -0.05) is 22.4 Å². The van der Waals surface area contributed by atoms with E-state index in [9.17, 15) is 0 Å². The maximum absolute atomic E-state index is 5.35. The van der Waals surface area contributed by atoms with Crippen molar-refractivity contribution in [3.05, 3.63) is 28.2 Å². The van der Waals surface area contributed by atoms with Crippen molar-refractivity contribution >= 4 is 15.9 Å². The number of methoxy groups -OCH3 is 1. The van der Waals surface area contributed by atoms with Crippen LogP contribution in [0.5, 0.6) is 5.75 Å². The highest BCUT2D eigenvalue weighted by molar-refractivity contribution is 9.10. The number of benzene rings is 1. The van der Waals surface area contributed by atoms with Crippen LogP contribution in [0.4, 0.5) is 0 Å². The van der Waals surface area contributed by atoms with Crippen molar-refractivity contribution in [2.24, 2.45) is 5.92 Å². The Hall–Kier alpha value is -0.540. The summed E-state index contributed by atoms with van der Waals surface area (Å²) in [6.07, 6.45) is 7.07. The van der Waals surface area contributed by atoms with E-state index in [1.54, 1.807) is 7.11 Å². The lowest BCUT2D eigenvalue weighted by molar-refractivity contribution is 0.105. The van der Waals surface area contributed by atoms with E-state index in [1.165, 1.54) is 48.7 Å². The van der Waals surface area contributed by atoms with Crippen LogP contribution in [-0.2, 0) is 6.54 Å². The van der Waals surface area contributed by atoms with Crippen LogP contribution in [0.1, 0.15) is 37.7 Å². The summed E-state index contributed by atoms with van der Waals surface area (Å²) in [5.41, 5.74) is 1.35. The van der Waals surface area contributed by atoms with E-state index in [2.05, 4.69) is 33.0 Å². The van der Waals surface area contributed by atoms with Crippen LogP contribution >= 0.6 is 15.9 Å². The molecular formula is C16H22BrNO. The Kier molecular flexibility index (Phi) is 4.13. The van der Waals surface area contributed by atoms with Gasteiger partial charge in [-0.15, -0.1) is 0 Å². The molecule has 104 valence electrons. The van der Waals surface area contributed by atoms with E-state index in [4.69, 9.17) is 4.74 Å². The quantitative estimate of drug-likeness (QED) is 0.825. The largest absolute Gasteiger partial charge is 0.497 e. The van der Waals surface area contributed by atoms with Crippen molar-refractivity contribution in [1.29, 1.82) is 0 Å². The van der Waals surface area contributed by atoms with E-state index >= 15 is 0 Å². The molecule has 1 aliphatic heterocycles. The fourth-order valence-electron chi connectivity index (χ4n) is 3.77. The van der Waals surface area contributed by atoms with Gasteiger partial charge in [0.15, 0.2) is 0 Å². The third-order valence-corrected chi connectivity index (χ3v) is 5.51. The van der Waals surface area contributed by atoms with Crippen LogP contribution in [0.25, 0.3) is 0 Å². The molecule has 0 spiro atoms. The maximum Gasteiger partial charge on any atom is 0.119 e. The molecule has 0 aromatic heterocycles. The van der Waals surface area contributed by atoms with Crippen molar-refractivity contribution in [3.63, 3.8) is 0 Å². The van der Waals surface area contributed by atoms with Gasteiger partial charge in [0.2, 0.25) is 0 Å². The van der Waals surface area contributed by atoms with E-state index in [-0.39, 0.29) is 0 Å². The number of likely N-dealkylation sites (tertiary alicyclic amines) is 1. The highest BCUT2D eigenvalue weighted by Crippen LogP contribution is 2.38. The number of halogens is 1. The first kappa shape index (κ1) is 13.4. The first-order valence-electron chi connectivity index (χ1n) is 7.34. The van der Waals surface area contributed by atoms with E-state index in [1.807, 2.05) is 6.07 Å². The van der Waals surface area contributed by atoms with Crippen LogP contribution in [0, 0.1) is 5.92 Å². The SMILES string of the molecule is COc1ccc(Br)c(CN2CCCC3CCCC32)c1. The molecule has 0 bridgehead atoms. The summed E-state index contributed by atoms with van der Waals surface area (Å²) >= 11 is 3.68. The minimum atomic E-state index is 0.826. The Morgan fingerprint density at radius 2 is 2.11 bits per heavy atom. The van der Waals surface area contributed by atoms with Gasteiger partial charge in [0.05, 0.1) is 7.11 Å². The van der Waals surface area contributed by atoms with Crippen molar-refractivity contribution in [1.82, 2.24) is 4.90 Å². The third-order valence-electron chi connectivity index (χ3n) is 4.73. The van der Waals surface area contributed by atoms with Crippen LogP contribution in [0.2, 0.25) is 0 Å². The Morgan fingerprint density at radius 1 is 1.26 bits per heavy atom. The van der Waals surface area contributed by atoms with Gasteiger partial charge < -0.3 is 4.74 Å². The summed E-state index contributed by atoms with van der Waals surface area (Å²) in [7, 11) is 1.74. The first-order chi connectivity index (χ1) is 9.28. The molecule has 1 aromatic carbocycles. The molecule has 3 heteroatoms. The zero-order chi connectivity index (χ0) is 13.2. The van der Waals surface area contributed by atoms with E-state index in [0.29, 0.717) is 0 Å². The molecule has 2 atom stereocenters. The smallest absolute Gasteiger partial charge is 0.119 e. The lowest BCUT2D eigenvalue weighted by Crippen LogP contribution is -2.41. The predicted molar refractivity (Wildman–Crippen MR) is 81.5 cm³/mol. The van der Waals surface area contributed by atoms with E-state index < -0.39 is 0 Å². The molecule has 0 radical (unpaired) electrons. The fourth-order valence-corrected chi connectivity index (χ4v) is 4.14. The van der Waals surface area contributed by atoms with Crippen LogP contribution in [-0.4, -0.2) is 24.6 Å². The molecule has 3 rings (SSSR count). The summed E-state index contributed by atoms with van der Waals surface area (Å²) < 4.78 is 6.55. The summed E-state index contributed by atoms with van der Waals surface area (Å²) in [4.78, 5) is 2.70.